The molecule has 0 saturated carbocycles. The molecule has 0 radical (unpaired) electrons. The Morgan fingerprint density at radius 3 is 2.70 bits per heavy atom. The molecule has 20 heavy (non-hydrogen) atoms. The van der Waals surface area contributed by atoms with Gasteiger partial charge in [0.1, 0.15) is 6.04 Å². The van der Waals surface area contributed by atoms with Gasteiger partial charge in [0.15, 0.2) is 0 Å². The molecule has 0 aliphatic carbocycles. The molecule has 1 unspecified atom stereocenters. The summed E-state index contributed by atoms with van der Waals surface area (Å²) in [7, 11) is 3.58. The van der Waals surface area contributed by atoms with Gasteiger partial charge in [-0.05, 0) is 25.6 Å². The van der Waals surface area contributed by atoms with E-state index in [0.717, 1.165) is 11.1 Å². The van der Waals surface area contributed by atoms with Crippen molar-refractivity contribution in [2.24, 2.45) is 7.05 Å². The van der Waals surface area contributed by atoms with Crippen LogP contribution in [0.4, 0.5) is 0 Å². The normalized spacial score (nSPS) is 13.8. The minimum Gasteiger partial charge on any atom is -0.348 e. The van der Waals surface area contributed by atoms with Gasteiger partial charge in [-0.2, -0.15) is 5.10 Å². The standard InChI is InChI=1S/C14H19N5O/c1-10(11-5-4-6-16-7-11)18-14(20)13(15-2)12-8-17-19(3)9-12/h4-10,13,15H,1-3H3,(H,18,20)/t10-,13?/m0/s1. The monoisotopic (exact) mass is 273 g/mol. The summed E-state index contributed by atoms with van der Waals surface area (Å²) >= 11 is 0. The number of rotatable bonds is 5. The topological polar surface area (TPSA) is 71.8 Å². The van der Waals surface area contributed by atoms with E-state index in [1.165, 1.54) is 0 Å². The van der Waals surface area contributed by atoms with Crippen LogP contribution < -0.4 is 10.6 Å². The van der Waals surface area contributed by atoms with Crippen LogP contribution in [0, 0.1) is 0 Å². The number of aromatic nitrogens is 3. The quantitative estimate of drug-likeness (QED) is 0.851. The van der Waals surface area contributed by atoms with Crippen LogP contribution in [0.2, 0.25) is 0 Å². The second kappa shape index (κ2) is 6.29. The van der Waals surface area contributed by atoms with Crippen LogP contribution >= 0.6 is 0 Å². The molecular formula is C14H19N5O. The zero-order chi connectivity index (χ0) is 14.5. The first-order valence-corrected chi connectivity index (χ1v) is 6.48. The lowest BCUT2D eigenvalue weighted by Crippen LogP contribution is -2.37. The number of nitrogens with zero attached hydrogens (tertiary/aromatic N) is 3. The fourth-order valence-electron chi connectivity index (χ4n) is 2.05. The van der Waals surface area contributed by atoms with E-state index in [0.29, 0.717) is 0 Å². The lowest BCUT2D eigenvalue weighted by Gasteiger charge is -2.19. The fraction of sp³-hybridized carbons (Fsp3) is 0.357. The summed E-state index contributed by atoms with van der Waals surface area (Å²) in [5.74, 6) is -0.0862. The largest absolute Gasteiger partial charge is 0.348 e. The first kappa shape index (κ1) is 14.2. The van der Waals surface area contributed by atoms with Crippen molar-refractivity contribution in [3.8, 4) is 0 Å². The maximum absolute atomic E-state index is 12.3. The van der Waals surface area contributed by atoms with E-state index in [-0.39, 0.29) is 11.9 Å². The van der Waals surface area contributed by atoms with Gasteiger partial charge in [0, 0.05) is 31.2 Å². The van der Waals surface area contributed by atoms with Crippen molar-refractivity contribution in [3.63, 3.8) is 0 Å². The molecule has 2 heterocycles. The number of amides is 1. The summed E-state index contributed by atoms with van der Waals surface area (Å²) in [5.41, 5.74) is 1.81. The first-order valence-electron chi connectivity index (χ1n) is 6.48. The fourth-order valence-corrected chi connectivity index (χ4v) is 2.05. The van der Waals surface area contributed by atoms with E-state index in [9.17, 15) is 4.79 Å². The van der Waals surface area contributed by atoms with Crippen LogP contribution in [0.3, 0.4) is 0 Å². The molecule has 6 heteroatoms. The number of carbonyl (C=O) groups excluding carboxylic acids is 1. The van der Waals surface area contributed by atoms with Gasteiger partial charge < -0.3 is 10.6 Å². The molecule has 2 N–H and O–H groups in total. The van der Waals surface area contributed by atoms with Crippen molar-refractivity contribution in [2.45, 2.75) is 19.0 Å². The van der Waals surface area contributed by atoms with E-state index in [2.05, 4.69) is 20.7 Å². The average molecular weight is 273 g/mol. The summed E-state index contributed by atoms with van der Waals surface area (Å²) in [5, 5.41) is 10.1. The number of hydrogen-bond donors (Lipinski definition) is 2. The Kier molecular flexibility index (Phi) is 4.47. The highest BCUT2D eigenvalue weighted by Crippen LogP contribution is 2.15. The van der Waals surface area contributed by atoms with Crippen molar-refractivity contribution in [1.82, 2.24) is 25.4 Å². The number of aryl methyl sites for hydroxylation is 1. The summed E-state index contributed by atoms with van der Waals surface area (Å²) in [4.78, 5) is 16.4. The van der Waals surface area contributed by atoms with Crippen LogP contribution in [0.25, 0.3) is 0 Å². The maximum atomic E-state index is 12.3. The third-order valence-electron chi connectivity index (χ3n) is 3.15. The zero-order valence-corrected chi connectivity index (χ0v) is 11.9. The van der Waals surface area contributed by atoms with Gasteiger partial charge in [-0.1, -0.05) is 6.07 Å². The number of pyridine rings is 1. The van der Waals surface area contributed by atoms with Gasteiger partial charge in [0.2, 0.25) is 5.91 Å². The molecule has 0 spiro atoms. The number of hydrogen-bond acceptors (Lipinski definition) is 4. The van der Waals surface area contributed by atoms with E-state index in [1.54, 1.807) is 30.3 Å². The van der Waals surface area contributed by atoms with Crippen molar-refractivity contribution in [1.29, 1.82) is 0 Å². The molecule has 0 fully saturated rings. The summed E-state index contributed by atoms with van der Waals surface area (Å²) in [6.45, 7) is 1.94. The predicted molar refractivity (Wildman–Crippen MR) is 75.8 cm³/mol. The predicted octanol–water partition coefficient (Wildman–Crippen LogP) is 0.953. The molecule has 6 nitrogen and oxygen atoms in total. The average Bonchev–Trinajstić information content (AvgIpc) is 2.87. The molecule has 0 aliphatic rings. The van der Waals surface area contributed by atoms with Crippen LogP contribution in [0.5, 0.6) is 0 Å². The molecule has 0 bridgehead atoms. The van der Waals surface area contributed by atoms with Crippen molar-refractivity contribution in [3.05, 3.63) is 48.0 Å². The molecule has 2 atom stereocenters. The summed E-state index contributed by atoms with van der Waals surface area (Å²) in [6, 6.07) is 3.29. The lowest BCUT2D eigenvalue weighted by atomic mass is 10.1. The van der Waals surface area contributed by atoms with Crippen LogP contribution in [-0.2, 0) is 11.8 Å². The Balaban J connectivity index is 2.06. The Morgan fingerprint density at radius 2 is 2.15 bits per heavy atom. The Labute approximate surface area is 118 Å². The third kappa shape index (κ3) is 3.21. The van der Waals surface area contributed by atoms with E-state index in [4.69, 9.17) is 0 Å². The molecule has 0 saturated heterocycles. The third-order valence-corrected chi connectivity index (χ3v) is 3.15. The zero-order valence-electron chi connectivity index (χ0n) is 11.9. The van der Waals surface area contributed by atoms with Gasteiger partial charge in [0.05, 0.1) is 12.2 Å². The maximum Gasteiger partial charge on any atom is 0.242 e. The van der Waals surface area contributed by atoms with Crippen LogP contribution in [0.15, 0.2) is 36.9 Å². The van der Waals surface area contributed by atoms with Gasteiger partial charge in [-0.15, -0.1) is 0 Å². The minimum atomic E-state index is -0.414. The summed E-state index contributed by atoms with van der Waals surface area (Å²) < 4.78 is 1.68. The van der Waals surface area contributed by atoms with E-state index < -0.39 is 6.04 Å². The molecule has 0 aromatic carbocycles. The minimum absolute atomic E-state index is 0.0862. The molecular weight excluding hydrogens is 254 g/mol. The SMILES string of the molecule is CNC(C(=O)N[C@@H](C)c1cccnc1)c1cnn(C)c1. The highest BCUT2D eigenvalue weighted by molar-refractivity contribution is 5.83. The van der Waals surface area contributed by atoms with Crippen molar-refractivity contribution in [2.75, 3.05) is 7.05 Å². The van der Waals surface area contributed by atoms with E-state index >= 15 is 0 Å². The van der Waals surface area contributed by atoms with Crippen LogP contribution in [0.1, 0.15) is 30.1 Å². The smallest absolute Gasteiger partial charge is 0.242 e. The van der Waals surface area contributed by atoms with Gasteiger partial charge >= 0.3 is 0 Å². The molecule has 0 aliphatic heterocycles. The summed E-state index contributed by atoms with van der Waals surface area (Å²) in [6.07, 6.45) is 6.98. The van der Waals surface area contributed by atoms with Crippen LogP contribution in [-0.4, -0.2) is 27.7 Å². The highest BCUT2D eigenvalue weighted by atomic mass is 16.2. The molecule has 2 aromatic heterocycles. The van der Waals surface area contributed by atoms with E-state index in [1.807, 2.05) is 32.3 Å². The van der Waals surface area contributed by atoms with Gasteiger partial charge in [0.25, 0.3) is 0 Å². The first-order chi connectivity index (χ1) is 9.61. The molecule has 2 rings (SSSR count). The molecule has 2 aromatic rings. The van der Waals surface area contributed by atoms with Crippen molar-refractivity contribution < 1.29 is 4.79 Å². The Morgan fingerprint density at radius 1 is 1.35 bits per heavy atom. The number of nitrogens with one attached hydrogen (secondary N) is 2. The Hall–Kier alpha value is -2.21. The second-order valence-electron chi connectivity index (χ2n) is 4.69. The number of carbonyl (C=O) groups is 1. The number of likely N-dealkylation sites (N-methyl/N-ethyl adjacent to an activating group) is 1. The molecule has 106 valence electrons. The Bertz CT molecular complexity index is 566. The lowest BCUT2D eigenvalue weighted by molar-refractivity contribution is -0.123. The van der Waals surface area contributed by atoms with Crippen molar-refractivity contribution >= 4 is 5.91 Å². The van der Waals surface area contributed by atoms with Gasteiger partial charge in [-0.25, -0.2) is 0 Å². The molecule has 1 amide bonds. The second-order valence-corrected chi connectivity index (χ2v) is 4.69. The highest BCUT2D eigenvalue weighted by Gasteiger charge is 2.21. The van der Waals surface area contributed by atoms with Gasteiger partial charge in [-0.3, -0.25) is 14.5 Å².